The Kier molecular flexibility index (Phi) is 8.03. The van der Waals surface area contributed by atoms with Crippen molar-refractivity contribution in [2.75, 3.05) is 33.3 Å². The molecule has 1 aliphatic rings. The molecule has 2 heterocycles. The lowest BCUT2D eigenvalue weighted by Crippen LogP contribution is -2.46. The van der Waals surface area contributed by atoms with Gasteiger partial charge in [-0.1, -0.05) is 29.8 Å². The van der Waals surface area contributed by atoms with Gasteiger partial charge in [0.05, 0.1) is 25.6 Å². The van der Waals surface area contributed by atoms with E-state index in [0.29, 0.717) is 39.1 Å². The number of esters is 1. The van der Waals surface area contributed by atoms with Gasteiger partial charge in [-0.15, -0.1) is 0 Å². The smallest absolute Gasteiger partial charge is 0.309 e. The highest BCUT2D eigenvalue weighted by atomic mass is 16.5. The topological polar surface area (TPSA) is 88.9 Å². The quantitative estimate of drug-likeness (QED) is 0.599. The third kappa shape index (κ3) is 6.09. The molecule has 3 rings (SSSR count). The molecule has 8 nitrogen and oxygen atoms in total. The monoisotopic (exact) mass is 453 g/mol. The van der Waals surface area contributed by atoms with Crippen LogP contribution in [-0.4, -0.2) is 65.4 Å². The molecular formula is C25H31N3O5. The van der Waals surface area contributed by atoms with E-state index < -0.39 is 11.5 Å². The summed E-state index contributed by atoms with van der Waals surface area (Å²) in [6.07, 6.45) is 2.75. The molecular weight excluding hydrogens is 422 g/mol. The molecule has 1 aromatic carbocycles. The van der Waals surface area contributed by atoms with Gasteiger partial charge in [-0.2, -0.15) is 0 Å². The number of amides is 2. The summed E-state index contributed by atoms with van der Waals surface area (Å²) >= 11 is 0. The maximum atomic E-state index is 12.9. The number of aromatic nitrogens is 1. The van der Waals surface area contributed by atoms with Gasteiger partial charge in [-0.25, -0.2) is 0 Å². The van der Waals surface area contributed by atoms with E-state index in [2.05, 4.69) is 0 Å². The van der Waals surface area contributed by atoms with E-state index in [1.807, 2.05) is 31.2 Å². The molecule has 2 amide bonds. The van der Waals surface area contributed by atoms with Crippen LogP contribution in [0.2, 0.25) is 0 Å². The highest BCUT2D eigenvalue weighted by Crippen LogP contribution is 2.19. The van der Waals surface area contributed by atoms with Crippen molar-refractivity contribution in [3.63, 3.8) is 0 Å². The summed E-state index contributed by atoms with van der Waals surface area (Å²) in [6.45, 7) is 5.22. The van der Waals surface area contributed by atoms with Gasteiger partial charge in [0.2, 0.25) is 5.91 Å². The minimum atomic E-state index is -0.492. The van der Waals surface area contributed by atoms with Crippen LogP contribution < -0.4 is 5.56 Å². The van der Waals surface area contributed by atoms with Crippen LogP contribution in [0.3, 0.4) is 0 Å². The molecule has 0 unspecified atom stereocenters. The van der Waals surface area contributed by atoms with Crippen LogP contribution in [0, 0.1) is 12.8 Å². The Balaban J connectivity index is 1.61. The molecule has 176 valence electrons. The largest absolute Gasteiger partial charge is 0.466 e. The SMILES string of the molecule is CCOC(=O)C1CCN(C(=O)CN(C)C(=O)c2cccn(Cc3cccc(C)c3)c2=O)CC1. The Hall–Kier alpha value is -3.42. The zero-order chi connectivity index (χ0) is 24.0. The van der Waals surface area contributed by atoms with Gasteiger partial charge in [-0.05, 0) is 44.4 Å². The average molecular weight is 454 g/mol. The lowest BCUT2D eigenvalue weighted by molar-refractivity contribution is -0.151. The first-order valence-corrected chi connectivity index (χ1v) is 11.2. The van der Waals surface area contributed by atoms with Crippen molar-refractivity contribution in [3.8, 4) is 0 Å². The molecule has 33 heavy (non-hydrogen) atoms. The summed E-state index contributed by atoms with van der Waals surface area (Å²) in [5, 5.41) is 0. The van der Waals surface area contributed by atoms with Crippen LogP contribution in [0.4, 0.5) is 0 Å². The number of hydrogen-bond acceptors (Lipinski definition) is 5. The number of likely N-dealkylation sites (tertiary alicyclic amines) is 1. The molecule has 8 heteroatoms. The van der Waals surface area contributed by atoms with E-state index >= 15 is 0 Å². The molecule has 0 radical (unpaired) electrons. The molecule has 0 bridgehead atoms. The summed E-state index contributed by atoms with van der Waals surface area (Å²) in [7, 11) is 1.52. The van der Waals surface area contributed by atoms with Crippen LogP contribution in [0.15, 0.2) is 47.4 Å². The first-order valence-electron chi connectivity index (χ1n) is 11.2. The third-order valence-electron chi connectivity index (χ3n) is 5.87. The third-order valence-corrected chi connectivity index (χ3v) is 5.87. The number of hydrogen-bond donors (Lipinski definition) is 0. The van der Waals surface area contributed by atoms with Crippen LogP contribution in [0.5, 0.6) is 0 Å². The van der Waals surface area contributed by atoms with Crippen LogP contribution in [0.1, 0.15) is 41.3 Å². The fraction of sp³-hybridized carbons (Fsp3) is 0.440. The number of ether oxygens (including phenoxy) is 1. The van der Waals surface area contributed by atoms with Gasteiger partial charge in [0.15, 0.2) is 0 Å². The predicted molar refractivity (Wildman–Crippen MR) is 124 cm³/mol. The summed E-state index contributed by atoms with van der Waals surface area (Å²) in [6, 6.07) is 11.0. The van der Waals surface area contributed by atoms with E-state index in [9.17, 15) is 19.2 Å². The van der Waals surface area contributed by atoms with Crippen molar-refractivity contribution in [3.05, 3.63) is 69.6 Å². The Morgan fingerprint density at radius 2 is 1.85 bits per heavy atom. The van der Waals surface area contributed by atoms with Gasteiger partial charge in [0, 0.05) is 26.3 Å². The molecule has 0 aliphatic carbocycles. The van der Waals surface area contributed by atoms with Crippen molar-refractivity contribution in [2.45, 2.75) is 33.2 Å². The summed E-state index contributed by atoms with van der Waals surface area (Å²) in [5.41, 5.74) is 1.70. The molecule has 0 saturated carbocycles. The van der Waals surface area contributed by atoms with E-state index in [0.717, 1.165) is 11.1 Å². The fourth-order valence-corrected chi connectivity index (χ4v) is 4.04. The molecule has 0 atom stereocenters. The highest BCUT2D eigenvalue weighted by Gasteiger charge is 2.29. The Labute approximate surface area is 193 Å². The average Bonchev–Trinajstić information content (AvgIpc) is 2.80. The number of benzene rings is 1. The van der Waals surface area contributed by atoms with E-state index in [1.54, 1.807) is 24.1 Å². The fourth-order valence-electron chi connectivity index (χ4n) is 4.04. The van der Waals surface area contributed by atoms with Crippen molar-refractivity contribution in [1.82, 2.24) is 14.4 Å². The maximum Gasteiger partial charge on any atom is 0.309 e. The second-order valence-corrected chi connectivity index (χ2v) is 8.41. The zero-order valence-electron chi connectivity index (χ0n) is 19.5. The van der Waals surface area contributed by atoms with Crippen molar-refractivity contribution < 1.29 is 19.1 Å². The number of aryl methyl sites for hydroxylation is 1. The first-order chi connectivity index (χ1) is 15.8. The number of rotatable bonds is 7. The zero-order valence-corrected chi connectivity index (χ0v) is 19.5. The van der Waals surface area contributed by atoms with Gasteiger partial charge >= 0.3 is 5.97 Å². The van der Waals surface area contributed by atoms with Crippen molar-refractivity contribution in [1.29, 1.82) is 0 Å². The lowest BCUT2D eigenvalue weighted by Gasteiger charge is -2.32. The van der Waals surface area contributed by atoms with Gasteiger partial charge in [0.1, 0.15) is 5.56 Å². The number of carbonyl (C=O) groups is 3. The molecule has 1 fully saturated rings. The van der Waals surface area contributed by atoms with Crippen LogP contribution >= 0.6 is 0 Å². The van der Waals surface area contributed by atoms with E-state index in [1.165, 1.54) is 22.6 Å². The second kappa shape index (κ2) is 10.9. The Morgan fingerprint density at radius 3 is 2.52 bits per heavy atom. The molecule has 0 spiro atoms. The van der Waals surface area contributed by atoms with Gasteiger partial charge < -0.3 is 19.1 Å². The van der Waals surface area contributed by atoms with Crippen LogP contribution in [0.25, 0.3) is 0 Å². The summed E-state index contributed by atoms with van der Waals surface area (Å²) in [5.74, 6) is -1.11. The number of pyridine rings is 1. The van der Waals surface area contributed by atoms with E-state index in [-0.39, 0.29) is 29.9 Å². The minimum absolute atomic E-state index is 0.0291. The normalized spacial score (nSPS) is 14.1. The Bertz CT molecular complexity index is 1070. The maximum absolute atomic E-state index is 12.9. The van der Waals surface area contributed by atoms with Crippen molar-refractivity contribution >= 4 is 17.8 Å². The lowest BCUT2D eigenvalue weighted by atomic mass is 9.97. The molecule has 1 aromatic heterocycles. The molecule has 1 saturated heterocycles. The second-order valence-electron chi connectivity index (χ2n) is 8.41. The number of nitrogens with zero attached hydrogens (tertiary/aromatic N) is 3. The van der Waals surface area contributed by atoms with Crippen LogP contribution in [-0.2, 0) is 20.9 Å². The summed E-state index contributed by atoms with van der Waals surface area (Å²) in [4.78, 5) is 53.4. The predicted octanol–water partition coefficient (Wildman–Crippen LogP) is 2.08. The number of carbonyl (C=O) groups excluding carboxylic acids is 3. The minimum Gasteiger partial charge on any atom is -0.466 e. The van der Waals surface area contributed by atoms with Crippen molar-refractivity contribution in [2.24, 2.45) is 5.92 Å². The molecule has 2 aromatic rings. The van der Waals surface area contributed by atoms with Gasteiger partial charge in [0.25, 0.3) is 11.5 Å². The molecule has 0 N–H and O–H groups in total. The van der Waals surface area contributed by atoms with E-state index in [4.69, 9.17) is 4.74 Å². The standard InChI is InChI=1S/C25H31N3O5/c1-4-33-25(32)20-10-13-27(14-11-20)22(29)17-26(3)23(30)21-9-6-12-28(24(21)31)16-19-8-5-7-18(2)15-19/h5-9,12,15,20H,4,10-11,13-14,16-17H2,1-3H3. The summed E-state index contributed by atoms with van der Waals surface area (Å²) < 4.78 is 6.56. The molecule has 1 aliphatic heterocycles. The van der Waals surface area contributed by atoms with Gasteiger partial charge in [-0.3, -0.25) is 19.2 Å². The first kappa shape index (κ1) is 24.2. The number of piperidine rings is 1. The number of likely N-dealkylation sites (N-methyl/N-ethyl adjacent to an activating group) is 1. The Morgan fingerprint density at radius 1 is 1.12 bits per heavy atom. The highest BCUT2D eigenvalue weighted by molar-refractivity contribution is 5.96.